The fourth-order valence-corrected chi connectivity index (χ4v) is 5.12. The monoisotopic (exact) mass is 444 g/mol. The molecule has 1 aromatic carbocycles. The molecule has 2 fully saturated rings. The van der Waals surface area contributed by atoms with Crippen molar-refractivity contribution in [1.29, 1.82) is 0 Å². The number of benzene rings is 1. The molecule has 3 aromatic rings. The molecule has 0 radical (unpaired) electrons. The molecule has 4 heterocycles. The maximum atomic E-state index is 15.1. The van der Waals surface area contributed by atoms with Crippen LogP contribution in [0.25, 0.3) is 22.2 Å². The molecule has 2 aliphatic heterocycles. The van der Waals surface area contributed by atoms with Crippen molar-refractivity contribution in [2.45, 2.75) is 43.6 Å². The lowest BCUT2D eigenvalue weighted by molar-refractivity contribution is 0.0701. The van der Waals surface area contributed by atoms with Crippen molar-refractivity contribution in [3.8, 4) is 17.0 Å². The molecule has 9 heteroatoms. The predicted octanol–water partition coefficient (Wildman–Crippen LogP) is 3.62. The number of halogens is 2. The van der Waals surface area contributed by atoms with Crippen LogP contribution in [0.15, 0.2) is 39.5 Å². The van der Waals surface area contributed by atoms with Crippen molar-refractivity contribution < 1.29 is 13.9 Å². The van der Waals surface area contributed by atoms with E-state index in [0.29, 0.717) is 23.1 Å². The lowest BCUT2D eigenvalue weighted by Gasteiger charge is -2.43. The van der Waals surface area contributed by atoms with Gasteiger partial charge in [-0.25, -0.2) is 4.39 Å². The Bertz CT molecular complexity index is 1200. The Morgan fingerprint density at radius 2 is 2.06 bits per heavy atom. The third kappa shape index (κ3) is 3.34. The zero-order valence-corrected chi connectivity index (χ0v) is 17.9. The highest BCUT2D eigenvalue weighted by Crippen LogP contribution is 2.39. The lowest BCUT2D eigenvalue weighted by Crippen LogP contribution is -2.56. The summed E-state index contributed by atoms with van der Waals surface area (Å²) >= 11 is 5.84. The summed E-state index contributed by atoms with van der Waals surface area (Å²) in [5.41, 5.74) is 0.666. The summed E-state index contributed by atoms with van der Waals surface area (Å²) in [6, 6.07) is 7.56. The minimum absolute atomic E-state index is 0.0370. The Balaban J connectivity index is 1.44. The first-order chi connectivity index (χ1) is 14.8. The van der Waals surface area contributed by atoms with E-state index in [1.807, 2.05) is 19.0 Å². The van der Waals surface area contributed by atoms with Gasteiger partial charge in [0, 0.05) is 30.8 Å². The normalized spacial score (nSPS) is 25.8. The van der Waals surface area contributed by atoms with Crippen molar-refractivity contribution in [1.82, 2.24) is 15.1 Å². The first-order valence-corrected chi connectivity index (χ1v) is 10.6. The van der Waals surface area contributed by atoms with Crippen LogP contribution < -0.4 is 10.3 Å². The van der Waals surface area contributed by atoms with Crippen LogP contribution in [0, 0.1) is 0 Å². The molecule has 0 aliphatic carbocycles. The second-order valence-corrected chi connectivity index (χ2v) is 8.75. The average Bonchev–Trinajstić information content (AvgIpc) is 3.01. The minimum Gasteiger partial charge on any atom is -0.507 e. The molecule has 2 aromatic heterocycles. The number of rotatable bonds is 3. The summed E-state index contributed by atoms with van der Waals surface area (Å²) in [5.74, 6) is 0.448. The van der Waals surface area contributed by atoms with Gasteiger partial charge in [-0.2, -0.15) is 0 Å². The molecule has 2 unspecified atom stereocenters. The number of fused-ring (bicyclic) bond motifs is 3. The van der Waals surface area contributed by atoms with Gasteiger partial charge in [-0.1, -0.05) is 0 Å². The van der Waals surface area contributed by atoms with Gasteiger partial charge in [-0.05, 0) is 62.2 Å². The average molecular weight is 445 g/mol. The van der Waals surface area contributed by atoms with Gasteiger partial charge in [0.05, 0.1) is 17.1 Å². The number of piperidine rings is 1. The molecule has 5 rings (SSSR count). The number of hydrogen-bond donors (Lipinski definition) is 1. The van der Waals surface area contributed by atoms with Crippen molar-refractivity contribution in [3.63, 3.8) is 0 Å². The van der Waals surface area contributed by atoms with Gasteiger partial charge in [0.15, 0.2) is 16.5 Å². The zero-order valence-electron chi connectivity index (χ0n) is 17.1. The largest absolute Gasteiger partial charge is 0.507 e. The van der Waals surface area contributed by atoms with Gasteiger partial charge < -0.3 is 14.4 Å². The number of alkyl halides is 1. The Kier molecular flexibility index (Phi) is 4.86. The van der Waals surface area contributed by atoms with Gasteiger partial charge in [0.25, 0.3) is 0 Å². The standard InChI is InChI=1S/C22H22ClFN4O3/c1-27-11-3-5-15(27)22(24)16(7-11)28(2)21-6-4-14(25-26-21)12-9-19-13(8-17(12)29)18(30)10-20(23)31-19/h4,6,8-11,15-16,22,29H,3,5,7H2,1-2H3/t11?,15?,16-,22+/m0/s1. The molecule has 162 valence electrons. The van der Waals surface area contributed by atoms with E-state index in [9.17, 15) is 9.90 Å². The Morgan fingerprint density at radius 1 is 1.26 bits per heavy atom. The molecule has 2 aliphatic rings. The maximum Gasteiger partial charge on any atom is 0.197 e. The highest BCUT2D eigenvalue weighted by Gasteiger charge is 2.47. The van der Waals surface area contributed by atoms with Crippen LogP contribution in [-0.4, -0.2) is 58.6 Å². The number of phenols is 1. The number of nitrogens with zero attached hydrogens (tertiary/aromatic N) is 4. The SMILES string of the molecule is CN1C2CCC1[C@@H](F)[C@@H](N(C)c1ccc(-c3cc4oc(Cl)cc(=O)c4cc3O)nn1)C2. The molecular formula is C22H22ClFN4O3. The van der Waals surface area contributed by atoms with Crippen LogP contribution >= 0.6 is 11.6 Å². The Labute approximate surface area is 183 Å². The molecule has 2 bridgehead atoms. The third-order valence-electron chi connectivity index (χ3n) is 6.74. The second-order valence-electron chi connectivity index (χ2n) is 8.38. The molecule has 0 saturated carbocycles. The van der Waals surface area contributed by atoms with Crippen LogP contribution in [-0.2, 0) is 0 Å². The Morgan fingerprint density at radius 3 is 2.81 bits per heavy atom. The van der Waals surface area contributed by atoms with E-state index >= 15 is 4.39 Å². The summed E-state index contributed by atoms with van der Waals surface area (Å²) in [6.45, 7) is 0. The number of aromatic nitrogens is 2. The quantitative estimate of drug-likeness (QED) is 0.660. The highest BCUT2D eigenvalue weighted by molar-refractivity contribution is 6.29. The van der Waals surface area contributed by atoms with Gasteiger partial charge in [-0.15, -0.1) is 10.2 Å². The number of hydrogen-bond acceptors (Lipinski definition) is 7. The molecule has 7 nitrogen and oxygen atoms in total. The van der Waals surface area contributed by atoms with E-state index in [1.54, 1.807) is 12.1 Å². The fraction of sp³-hybridized carbons (Fsp3) is 0.409. The van der Waals surface area contributed by atoms with Gasteiger partial charge >= 0.3 is 0 Å². The van der Waals surface area contributed by atoms with Crippen molar-refractivity contribution in [3.05, 3.63) is 45.8 Å². The van der Waals surface area contributed by atoms with Gasteiger partial charge in [-0.3, -0.25) is 9.69 Å². The van der Waals surface area contributed by atoms with E-state index in [1.165, 1.54) is 12.1 Å². The number of phenolic OH excluding ortho intramolecular Hbond substituents is 1. The van der Waals surface area contributed by atoms with Gasteiger partial charge in [0.1, 0.15) is 17.5 Å². The summed E-state index contributed by atoms with van der Waals surface area (Å²) < 4.78 is 20.5. The summed E-state index contributed by atoms with van der Waals surface area (Å²) in [6.07, 6.45) is 1.71. The van der Waals surface area contributed by atoms with Crippen LogP contribution in [0.2, 0.25) is 5.22 Å². The topological polar surface area (TPSA) is 82.7 Å². The van der Waals surface area contributed by atoms with Crippen LogP contribution in [0.1, 0.15) is 19.3 Å². The fourth-order valence-electron chi connectivity index (χ4n) is 4.94. The molecule has 4 atom stereocenters. The van der Waals surface area contributed by atoms with E-state index in [2.05, 4.69) is 15.1 Å². The summed E-state index contributed by atoms with van der Waals surface area (Å²) in [7, 11) is 3.85. The molecular weight excluding hydrogens is 423 g/mol. The van der Waals surface area contributed by atoms with Crippen LogP contribution in [0.5, 0.6) is 5.75 Å². The predicted molar refractivity (Wildman–Crippen MR) is 116 cm³/mol. The van der Waals surface area contributed by atoms with Crippen molar-refractivity contribution in [2.75, 3.05) is 19.0 Å². The molecule has 1 N–H and O–H groups in total. The first kappa shape index (κ1) is 20.2. The smallest absolute Gasteiger partial charge is 0.197 e. The van der Waals surface area contributed by atoms with E-state index in [0.717, 1.165) is 25.3 Å². The molecule has 0 amide bonds. The lowest BCUT2D eigenvalue weighted by atomic mass is 9.95. The van der Waals surface area contributed by atoms with Crippen LogP contribution in [0.4, 0.5) is 10.2 Å². The first-order valence-electron chi connectivity index (χ1n) is 10.2. The minimum atomic E-state index is -0.951. The molecule has 2 saturated heterocycles. The van der Waals surface area contributed by atoms with Crippen molar-refractivity contribution >= 4 is 28.4 Å². The number of aromatic hydroxyl groups is 1. The third-order valence-corrected chi connectivity index (χ3v) is 6.93. The maximum absolute atomic E-state index is 15.1. The Hall–Kier alpha value is -2.71. The van der Waals surface area contributed by atoms with E-state index in [4.69, 9.17) is 16.0 Å². The zero-order chi connectivity index (χ0) is 21.9. The molecule has 31 heavy (non-hydrogen) atoms. The molecule has 0 spiro atoms. The summed E-state index contributed by atoms with van der Waals surface area (Å²) in [5, 5.41) is 19.1. The van der Waals surface area contributed by atoms with E-state index in [-0.39, 0.29) is 39.5 Å². The van der Waals surface area contributed by atoms with Crippen LogP contribution in [0.3, 0.4) is 0 Å². The second kappa shape index (κ2) is 7.46. The highest BCUT2D eigenvalue weighted by atomic mass is 35.5. The summed E-state index contributed by atoms with van der Waals surface area (Å²) in [4.78, 5) is 16.1. The van der Waals surface area contributed by atoms with Gasteiger partial charge in [0.2, 0.25) is 0 Å². The van der Waals surface area contributed by atoms with Crippen molar-refractivity contribution in [2.24, 2.45) is 0 Å². The number of anilines is 1. The van der Waals surface area contributed by atoms with E-state index < -0.39 is 6.17 Å².